The van der Waals surface area contributed by atoms with Crippen LogP contribution in [0.15, 0.2) is 65.6 Å². The quantitative estimate of drug-likeness (QED) is 0.455. The summed E-state index contributed by atoms with van der Waals surface area (Å²) in [4.78, 5) is 12.5. The highest BCUT2D eigenvalue weighted by molar-refractivity contribution is 7.92. The Morgan fingerprint density at radius 1 is 1.00 bits per heavy atom. The molecule has 0 spiro atoms. The van der Waals surface area contributed by atoms with E-state index in [-0.39, 0.29) is 33.3 Å². The highest BCUT2D eigenvalue weighted by Crippen LogP contribution is 2.30. The molecule has 0 heterocycles. The number of nitrogens with one attached hydrogen (secondary N) is 2. The maximum atomic E-state index is 12.7. The topological polar surface area (TPSA) is 114 Å². The molecule has 0 unspecified atom stereocenters. The standard InChI is InChI=1S/C21H19ClN2O6S/c1-29-15-6-8-17(20(11-15)30-2)21(26)23-18-12-16(7-9-19(18)25)31(27,28)24-14-5-3-4-13(22)10-14/h3-12,24-25H,1-2H3,(H,23,26). The smallest absolute Gasteiger partial charge is 0.261 e. The average Bonchev–Trinajstić information content (AvgIpc) is 2.74. The van der Waals surface area contributed by atoms with E-state index in [0.717, 1.165) is 6.07 Å². The van der Waals surface area contributed by atoms with Crippen molar-refractivity contribution in [1.82, 2.24) is 0 Å². The molecule has 3 N–H and O–H groups in total. The van der Waals surface area contributed by atoms with Gasteiger partial charge >= 0.3 is 0 Å². The van der Waals surface area contributed by atoms with Gasteiger partial charge in [-0.15, -0.1) is 0 Å². The molecule has 3 aromatic carbocycles. The normalized spacial score (nSPS) is 10.9. The number of benzene rings is 3. The molecular weight excluding hydrogens is 444 g/mol. The first kappa shape index (κ1) is 22.3. The number of carbonyl (C=O) groups is 1. The molecule has 1 amide bonds. The first-order chi connectivity index (χ1) is 14.7. The Bertz CT molecular complexity index is 1230. The number of hydrogen-bond acceptors (Lipinski definition) is 6. The van der Waals surface area contributed by atoms with Gasteiger partial charge in [-0.25, -0.2) is 8.42 Å². The number of carbonyl (C=O) groups excluding carboxylic acids is 1. The zero-order chi connectivity index (χ0) is 22.6. The lowest BCUT2D eigenvalue weighted by molar-refractivity contribution is 0.102. The van der Waals surface area contributed by atoms with E-state index in [4.69, 9.17) is 21.1 Å². The number of phenolic OH excluding ortho intramolecular Hbond substituents is 1. The monoisotopic (exact) mass is 462 g/mol. The van der Waals surface area contributed by atoms with Crippen LogP contribution in [0.2, 0.25) is 5.02 Å². The fraction of sp³-hybridized carbons (Fsp3) is 0.0952. The highest BCUT2D eigenvalue weighted by Gasteiger charge is 2.19. The van der Waals surface area contributed by atoms with Gasteiger partial charge in [0.15, 0.2) is 0 Å². The van der Waals surface area contributed by atoms with Crippen LogP contribution in [-0.2, 0) is 10.0 Å². The van der Waals surface area contributed by atoms with Crippen molar-refractivity contribution in [2.75, 3.05) is 24.3 Å². The molecule has 3 aromatic rings. The average molecular weight is 463 g/mol. The summed E-state index contributed by atoms with van der Waals surface area (Å²) in [5, 5.41) is 13.0. The fourth-order valence-electron chi connectivity index (χ4n) is 2.72. The minimum absolute atomic E-state index is 0.0863. The molecule has 0 aliphatic carbocycles. The summed E-state index contributed by atoms with van der Waals surface area (Å²) in [6.07, 6.45) is 0. The molecule has 0 aromatic heterocycles. The summed E-state index contributed by atoms with van der Waals surface area (Å²) < 4.78 is 38.2. The van der Waals surface area contributed by atoms with Crippen molar-refractivity contribution in [3.63, 3.8) is 0 Å². The molecular formula is C21H19ClN2O6S. The first-order valence-electron chi connectivity index (χ1n) is 8.88. The molecule has 0 radical (unpaired) electrons. The second kappa shape index (κ2) is 9.15. The van der Waals surface area contributed by atoms with Crippen LogP contribution in [0.5, 0.6) is 17.2 Å². The number of ether oxygens (including phenoxy) is 2. The molecule has 0 aliphatic heterocycles. The number of halogens is 1. The maximum Gasteiger partial charge on any atom is 0.261 e. The van der Waals surface area contributed by atoms with Crippen LogP contribution in [0, 0.1) is 0 Å². The predicted octanol–water partition coefficient (Wildman–Crippen LogP) is 4.12. The number of amides is 1. The van der Waals surface area contributed by atoms with Crippen LogP contribution < -0.4 is 19.5 Å². The number of methoxy groups -OCH3 is 2. The van der Waals surface area contributed by atoms with E-state index >= 15 is 0 Å². The van der Waals surface area contributed by atoms with E-state index in [1.807, 2.05) is 0 Å². The molecule has 10 heteroatoms. The fourth-order valence-corrected chi connectivity index (χ4v) is 3.99. The number of hydrogen-bond donors (Lipinski definition) is 3. The van der Waals surface area contributed by atoms with Crippen molar-refractivity contribution in [3.05, 3.63) is 71.2 Å². The van der Waals surface area contributed by atoms with E-state index in [2.05, 4.69) is 10.0 Å². The van der Waals surface area contributed by atoms with Gasteiger partial charge in [-0.2, -0.15) is 0 Å². The number of anilines is 2. The molecule has 0 bridgehead atoms. The van der Waals surface area contributed by atoms with Gasteiger partial charge in [-0.1, -0.05) is 17.7 Å². The van der Waals surface area contributed by atoms with Gasteiger partial charge in [-0.3, -0.25) is 9.52 Å². The van der Waals surface area contributed by atoms with Crippen LogP contribution in [0.1, 0.15) is 10.4 Å². The second-order valence-electron chi connectivity index (χ2n) is 6.32. The first-order valence-corrected chi connectivity index (χ1v) is 10.7. The van der Waals surface area contributed by atoms with Crippen molar-refractivity contribution in [2.45, 2.75) is 4.90 Å². The SMILES string of the molecule is COc1ccc(C(=O)Nc2cc(S(=O)(=O)Nc3cccc(Cl)c3)ccc2O)c(OC)c1. The third kappa shape index (κ3) is 5.19. The van der Waals surface area contributed by atoms with E-state index in [9.17, 15) is 18.3 Å². The minimum Gasteiger partial charge on any atom is -0.506 e. The van der Waals surface area contributed by atoms with Gasteiger partial charge in [0, 0.05) is 11.1 Å². The van der Waals surface area contributed by atoms with Gasteiger partial charge in [0.25, 0.3) is 15.9 Å². The lowest BCUT2D eigenvalue weighted by Crippen LogP contribution is -2.16. The minimum atomic E-state index is -4.00. The Morgan fingerprint density at radius 3 is 2.45 bits per heavy atom. The van der Waals surface area contributed by atoms with Crippen LogP contribution in [-0.4, -0.2) is 33.7 Å². The number of sulfonamides is 1. The molecule has 0 atom stereocenters. The molecule has 0 saturated heterocycles. The van der Waals surface area contributed by atoms with E-state index in [1.165, 1.54) is 44.6 Å². The van der Waals surface area contributed by atoms with Gasteiger partial charge in [0.2, 0.25) is 0 Å². The van der Waals surface area contributed by atoms with E-state index < -0.39 is 15.9 Å². The van der Waals surface area contributed by atoms with Crippen molar-refractivity contribution in [3.8, 4) is 17.2 Å². The number of rotatable bonds is 7. The summed E-state index contributed by atoms with van der Waals surface area (Å²) in [6, 6.07) is 14.4. The molecule has 0 fully saturated rings. The Morgan fingerprint density at radius 2 is 1.77 bits per heavy atom. The molecule has 31 heavy (non-hydrogen) atoms. The maximum absolute atomic E-state index is 12.7. The van der Waals surface area contributed by atoms with Gasteiger partial charge in [-0.05, 0) is 48.5 Å². The van der Waals surface area contributed by atoms with Crippen LogP contribution >= 0.6 is 11.6 Å². The molecule has 162 valence electrons. The Labute approximate surface area is 184 Å². The highest BCUT2D eigenvalue weighted by atomic mass is 35.5. The van der Waals surface area contributed by atoms with Crippen molar-refractivity contribution < 1.29 is 27.8 Å². The lowest BCUT2D eigenvalue weighted by atomic mass is 10.1. The van der Waals surface area contributed by atoms with Crippen molar-refractivity contribution in [1.29, 1.82) is 0 Å². The van der Waals surface area contributed by atoms with Crippen molar-refractivity contribution >= 4 is 38.9 Å². The van der Waals surface area contributed by atoms with E-state index in [1.54, 1.807) is 24.3 Å². The number of phenols is 1. The summed E-state index contributed by atoms with van der Waals surface area (Å²) in [5.41, 5.74) is 0.360. The molecule has 0 aliphatic rings. The molecule has 3 rings (SSSR count). The summed E-state index contributed by atoms with van der Waals surface area (Å²) in [6.45, 7) is 0. The third-order valence-electron chi connectivity index (χ3n) is 4.26. The van der Waals surface area contributed by atoms with Crippen LogP contribution in [0.25, 0.3) is 0 Å². The summed E-state index contributed by atoms with van der Waals surface area (Å²) in [7, 11) is -1.12. The second-order valence-corrected chi connectivity index (χ2v) is 8.43. The van der Waals surface area contributed by atoms with Crippen molar-refractivity contribution in [2.24, 2.45) is 0 Å². The Hall–Kier alpha value is -3.43. The van der Waals surface area contributed by atoms with Gasteiger partial charge < -0.3 is 19.9 Å². The zero-order valence-corrected chi connectivity index (χ0v) is 18.1. The van der Waals surface area contributed by atoms with Gasteiger partial charge in [0.05, 0.1) is 36.1 Å². The third-order valence-corrected chi connectivity index (χ3v) is 5.87. The largest absolute Gasteiger partial charge is 0.506 e. The van der Waals surface area contributed by atoms with Gasteiger partial charge in [0.1, 0.15) is 17.2 Å². The summed E-state index contributed by atoms with van der Waals surface area (Å²) in [5.74, 6) is -0.158. The zero-order valence-electron chi connectivity index (χ0n) is 16.5. The predicted molar refractivity (Wildman–Crippen MR) is 118 cm³/mol. The Balaban J connectivity index is 1.88. The summed E-state index contributed by atoms with van der Waals surface area (Å²) >= 11 is 5.89. The van der Waals surface area contributed by atoms with Crippen LogP contribution in [0.4, 0.5) is 11.4 Å². The number of aromatic hydroxyl groups is 1. The Kier molecular flexibility index (Phi) is 6.57. The van der Waals surface area contributed by atoms with Crippen LogP contribution in [0.3, 0.4) is 0 Å². The molecule has 0 saturated carbocycles. The lowest BCUT2D eigenvalue weighted by Gasteiger charge is -2.13. The van der Waals surface area contributed by atoms with E-state index in [0.29, 0.717) is 10.8 Å². The molecule has 8 nitrogen and oxygen atoms in total.